The average Bonchev–Trinajstić information content (AvgIpc) is 3.64. The number of aliphatic hydroxyl groups excluding tert-OH is 1. The Kier molecular flexibility index (Phi) is 9.40. The van der Waals surface area contributed by atoms with Crippen molar-refractivity contribution in [1.29, 1.82) is 0 Å². The maximum Gasteiger partial charge on any atom is 0.301 e. The van der Waals surface area contributed by atoms with E-state index in [4.69, 9.17) is 23.9 Å². The van der Waals surface area contributed by atoms with Crippen molar-refractivity contribution in [3.8, 4) is 23.0 Å². The Balaban J connectivity index is 1.46. The van der Waals surface area contributed by atoms with Crippen molar-refractivity contribution < 1.29 is 33.6 Å². The van der Waals surface area contributed by atoms with Gasteiger partial charge >= 0.3 is 5.91 Å². The molecule has 1 N–H and O–H groups in total. The highest BCUT2D eigenvalue weighted by atomic mass is 32.1. The van der Waals surface area contributed by atoms with E-state index < -0.39 is 17.7 Å². The predicted molar refractivity (Wildman–Crippen MR) is 182 cm³/mol. The quantitative estimate of drug-likeness (QED) is 0.0832. The Hall–Kier alpha value is -5.35. The highest BCUT2D eigenvalue weighted by molar-refractivity contribution is 7.22. The van der Waals surface area contributed by atoms with E-state index in [2.05, 4.69) is 0 Å². The van der Waals surface area contributed by atoms with Gasteiger partial charge in [0.25, 0.3) is 5.78 Å². The Bertz CT molecular complexity index is 1940. The molecule has 1 fully saturated rings. The highest BCUT2D eigenvalue weighted by Gasteiger charge is 2.48. The average molecular weight is 651 g/mol. The number of hydrogen-bond donors (Lipinski definition) is 1. The normalized spacial score (nSPS) is 15.6. The Morgan fingerprint density at radius 1 is 0.872 bits per heavy atom. The van der Waals surface area contributed by atoms with Crippen LogP contribution in [0.2, 0.25) is 0 Å². The number of thiazole rings is 1. The van der Waals surface area contributed by atoms with E-state index in [9.17, 15) is 14.7 Å². The number of ether oxygens (including phenoxy) is 4. The molecule has 1 atom stereocenters. The summed E-state index contributed by atoms with van der Waals surface area (Å²) < 4.78 is 24.0. The topological polar surface area (TPSA) is 107 Å². The number of fused-ring (bicyclic) bond motifs is 1. The first-order chi connectivity index (χ1) is 22.9. The van der Waals surface area contributed by atoms with Crippen LogP contribution >= 0.6 is 11.3 Å². The number of Topliss-reactive ketones (excluding diaryl/α,β-unsaturated/α-hetero) is 1. The Morgan fingerprint density at radius 3 is 2.36 bits per heavy atom. The minimum Gasteiger partial charge on any atom is -0.507 e. The lowest BCUT2D eigenvalue weighted by Gasteiger charge is -2.24. The summed E-state index contributed by atoms with van der Waals surface area (Å²) in [7, 11) is 1.58. The molecule has 0 bridgehead atoms. The first-order valence-corrected chi connectivity index (χ1v) is 16.2. The van der Waals surface area contributed by atoms with Crippen molar-refractivity contribution in [2.24, 2.45) is 0 Å². The smallest absolute Gasteiger partial charge is 0.301 e. The summed E-state index contributed by atoms with van der Waals surface area (Å²) in [4.78, 5) is 33.7. The zero-order chi connectivity index (χ0) is 32.9. The van der Waals surface area contributed by atoms with Crippen LogP contribution in [-0.4, -0.2) is 42.1 Å². The van der Waals surface area contributed by atoms with Gasteiger partial charge in [-0.25, -0.2) is 4.98 Å². The first-order valence-electron chi connectivity index (χ1n) is 15.3. The number of rotatable bonds is 12. The number of nitrogens with zero attached hydrogens (tertiary/aromatic N) is 2. The van der Waals surface area contributed by atoms with E-state index >= 15 is 0 Å². The maximum absolute atomic E-state index is 13.8. The van der Waals surface area contributed by atoms with Gasteiger partial charge in [-0.2, -0.15) is 0 Å². The van der Waals surface area contributed by atoms with Crippen molar-refractivity contribution in [3.05, 3.63) is 113 Å². The maximum atomic E-state index is 13.8. The molecule has 1 aliphatic rings. The molecule has 9 nitrogen and oxygen atoms in total. The van der Waals surface area contributed by atoms with Crippen LogP contribution in [0, 0.1) is 0 Å². The zero-order valence-corrected chi connectivity index (χ0v) is 27.1. The van der Waals surface area contributed by atoms with E-state index in [1.807, 2.05) is 50.2 Å². The number of ketones is 1. The summed E-state index contributed by atoms with van der Waals surface area (Å²) >= 11 is 1.26. The largest absolute Gasteiger partial charge is 0.507 e. The molecule has 0 aliphatic carbocycles. The number of carbonyl (C=O) groups is 2. The van der Waals surface area contributed by atoms with Crippen LogP contribution in [-0.2, 0) is 16.2 Å². The number of anilines is 1. The molecule has 0 radical (unpaired) electrons. The zero-order valence-electron chi connectivity index (χ0n) is 26.3. The molecule has 47 heavy (non-hydrogen) atoms. The van der Waals surface area contributed by atoms with E-state index in [1.54, 1.807) is 61.7 Å². The second kappa shape index (κ2) is 14.0. The third-order valence-electron chi connectivity index (χ3n) is 7.66. The van der Waals surface area contributed by atoms with Gasteiger partial charge in [0.1, 0.15) is 23.9 Å². The predicted octanol–water partition coefficient (Wildman–Crippen LogP) is 7.70. The fourth-order valence-corrected chi connectivity index (χ4v) is 6.39. The van der Waals surface area contributed by atoms with Crippen molar-refractivity contribution in [2.45, 2.75) is 32.9 Å². The number of carbonyl (C=O) groups excluding carboxylic acids is 2. The second-order valence-electron chi connectivity index (χ2n) is 10.8. The van der Waals surface area contributed by atoms with Crippen LogP contribution in [0.25, 0.3) is 16.0 Å². The summed E-state index contributed by atoms with van der Waals surface area (Å²) in [5.41, 5.74) is 2.49. The lowest BCUT2D eigenvalue weighted by atomic mass is 9.95. The van der Waals surface area contributed by atoms with Gasteiger partial charge in [-0.1, -0.05) is 54.7 Å². The molecule has 6 rings (SSSR count). The van der Waals surface area contributed by atoms with Crippen molar-refractivity contribution in [3.63, 3.8) is 0 Å². The molecule has 4 aromatic carbocycles. The van der Waals surface area contributed by atoms with Gasteiger partial charge in [-0.3, -0.25) is 14.5 Å². The summed E-state index contributed by atoms with van der Waals surface area (Å²) in [6.07, 6.45) is 0.851. The van der Waals surface area contributed by atoms with Gasteiger partial charge < -0.3 is 24.1 Å². The summed E-state index contributed by atoms with van der Waals surface area (Å²) in [6, 6.07) is 26.2. The second-order valence-corrected chi connectivity index (χ2v) is 11.8. The molecule has 1 aromatic heterocycles. The van der Waals surface area contributed by atoms with E-state index in [-0.39, 0.29) is 11.3 Å². The number of hydrogen-bond acceptors (Lipinski definition) is 9. The van der Waals surface area contributed by atoms with Gasteiger partial charge in [-0.05, 0) is 79.1 Å². The van der Waals surface area contributed by atoms with Gasteiger partial charge in [0.2, 0.25) is 0 Å². The van der Waals surface area contributed by atoms with Crippen molar-refractivity contribution in [1.82, 2.24) is 4.98 Å². The lowest BCUT2D eigenvalue weighted by Crippen LogP contribution is -2.29. The van der Waals surface area contributed by atoms with Crippen LogP contribution in [0.5, 0.6) is 23.0 Å². The number of benzene rings is 4. The first kappa shape index (κ1) is 31.6. The van der Waals surface area contributed by atoms with Crippen LogP contribution in [0.4, 0.5) is 5.13 Å². The molecule has 0 saturated carbocycles. The molecule has 2 heterocycles. The van der Waals surface area contributed by atoms with E-state index in [0.717, 1.165) is 16.7 Å². The molecular weight excluding hydrogens is 616 g/mol. The highest BCUT2D eigenvalue weighted by Crippen LogP contribution is 2.46. The fourth-order valence-electron chi connectivity index (χ4n) is 5.37. The standard InChI is InChI=1S/C37H34N2O7S/c1-4-19-45-26-14-11-24(12-15-26)34(40)32-33(25-13-18-29(30(20-25)44-5-2)46-22-23-9-7-6-8-10-23)39(36(42)35(32)41)37-38-28-17-16-27(43-3)21-31(28)47-37/h6-18,20-21,33,40H,4-5,19,22H2,1-3H3/b34-32+. The van der Waals surface area contributed by atoms with Crippen LogP contribution in [0.15, 0.2) is 96.6 Å². The monoisotopic (exact) mass is 650 g/mol. The summed E-state index contributed by atoms with van der Waals surface area (Å²) in [6.45, 7) is 5.12. The Labute approximate surface area is 276 Å². The molecule has 1 unspecified atom stereocenters. The number of amides is 1. The van der Waals surface area contributed by atoms with Crippen molar-refractivity contribution in [2.75, 3.05) is 25.2 Å². The number of aliphatic hydroxyl groups is 1. The van der Waals surface area contributed by atoms with Gasteiger partial charge in [0, 0.05) is 5.56 Å². The minimum atomic E-state index is -1.00. The van der Waals surface area contributed by atoms with Crippen LogP contribution in [0.1, 0.15) is 43.0 Å². The summed E-state index contributed by atoms with van der Waals surface area (Å²) in [5.74, 6) is 0.306. The van der Waals surface area contributed by atoms with Gasteiger partial charge in [0.05, 0.1) is 42.2 Å². The van der Waals surface area contributed by atoms with Gasteiger partial charge in [-0.15, -0.1) is 0 Å². The van der Waals surface area contributed by atoms with E-state index in [1.165, 1.54) is 16.2 Å². The molecule has 10 heteroatoms. The van der Waals surface area contributed by atoms with Crippen molar-refractivity contribution >= 4 is 44.1 Å². The number of methoxy groups -OCH3 is 1. The third-order valence-corrected chi connectivity index (χ3v) is 8.67. The molecular formula is C37H34N2O7S. The van der Waals surface area contributed by atoms with Gasteiger partial charge in [0.15, 0.2) is 16.6 Å². The SMILES string of the molecule is CCCOc1ccc(/C(O)=C2\C(=O)C(=O)N(c3nc4ccc(OC)cc4s3)C2c2ccc(OCc3ccccc3)c(OCC)c2)cc1. The lowest BCUT2D eigenvalue weighted by molar-refractivity contribution is -0.132. The Morgan fingerprint density at radius 2 is 1.64 bits per heavy atom. The molecule has 1 aliphatic heterocycles. The number of aromatic nitrogens is 1. The molecule has 240 valence electrons. The molecule has 1 amide bonds. The van der Waals surface area contributed by atoms with Crippen LogP contribution in [0.3, 0.4) is 0 Å². The molecule has 5 aromatic rings. The third kappa shape index (κ3) is 6.50. The summed E-state index contributed by atoms with van der Waals surface area (Å²) in [5, 5.41) is 12.0. The minimum absolute atomic E-state index is 0.0607. The molecule has 1 saturated heterocycles. The fraction of sp³-hybridized carbons (Fsp3) is 0.216. The van der Waals surface area contributed by atoms with E-state index in [0.29, 0.717) is 64.6 Å². The van der Waals surface area contributed by atoms with Crippen LogP contribution < -0.4 is 23.8 Å². The molecule has 0 spiro atoms.